The molecule has 0 spiro atoms. The number of sulfonamides is 1. The summed E-state index contributed by atoms with van der Waals surface area (Å²) in [4.78, 5) is 12.5. The van der Waals surface area contributed by atoms with E-state index in [2.05, 4.69) is 12.2 Å². The Morgan fingerprint density at radius 2 is 1.74 bits per heavy atom. The number of amides is 1. The summed E-state index contributed by atoms with van der Waals surface area (Å²) >= 11 is 0. The highest BCUT2D eigenvalue weighted by Gasteiger charge is 2.26. The maximum absolute atomic E-state index is 12.6. The van der Waals surface area contributed by atoms with Gasteiger partial charge in [0.25, 0.3) is 0 Å². The Morgan fingerprint density at radius 3 is 2.37 bits per heavy atom. The summed E-state index contributed by atoms with van der Waals surface area (Å²) in [5.74, 6) is 0.852. The highest BCUT2D eigenvalue weighted by molar-refractivity contribution is 7.89. The number of nitrogens with one attached hydrogen (secondary N) is 1. The molecule has 1 amide bonds. The molecule has 0 bridgehead atoms. The van der Waals surface area contributed by atoms with Crippen molar-refractivity contribution in [2.24, 2.45) is 5.92 Å². The number of benzene rings is 1. The summed E-state index contributed by atoms with van der Waals surface area (Å²) in [6.07, 6.45) is 5.56. The first-order valence-corrected chi connectivity index (χ1v) is 11.4. The van der Waals surface area contributed by atoms with Crippen molar-refractivity contribution in [3.8, 4) is 0 Å². The molecular weight excluding hydrogens is 364 g/mol. The molecule has 1 aliphatic carbocycles. The highest BCUT2D eigenvalue weighted by atomic mass is 32.2. The number of hydrogen-bond acceptors (Lipinski definition) is 4. The van der Waals surface area contributed by atoms with Gasteiger partial charge in [-0.2, -0.15) is 4.31 Å². The van der Waals surface area contributed by atoms with Gasteiger partial charge in [0.05, 0.1) is 18.1 Å². The van der Waals surface area contributed by atoms with Crippen LogP contribution in [-0.4, -0.2) is 51.0 Å². The van der Waals surface area contributed by atoms with Gasteiger partial charge in [0.2, 0.25) is 15.9 Å². The summed E-state index contributed by atoms with van der Waals surface area (Å²) < 4.78 is 31.9. The van der Waals surface area contributed by atoms with Crippen molar-refractivity contribution >= 4 is 15.9 Å². The molecule has 1 saturated carbocycles. The van der Waals surface area contributed by atoms with E-state index >= 15 is 0 Å². The molecule has 150 valence electrons. The molecule has 1 aromatic rings. The third kappa shape index (κ3) is 5.53. The number of morpholine rings is 1. The van der Waals surface area contributed by atoms with Crippen LogP contribution in [0.15, 0.2) is 29.2 Å². The fourth-order valence-electron chi connectivity index (χ4n) is 3.73. The minimum atomic E-state index is -3.46. The van der Waals surface area contributed by atoms with Gasteiger partial charge < -0.3 is 10.1 Å². The number of ether oxygens (including phenoxy) is 1. The summed E-state index contributed by atoms with van der Waals surface area (Å²) in [6, 6.07) is 7.21. The molecule has 1 N–H and O–H groups in total. The lowest BCUT2D eigenvalue weighted by molar-refractivity contribution is -0.122. The number of hydrogen-bond donors (Lipinski definition) is 1. The predicted octanol–water partition coefficient (Wildman–Crippen LogP) is 2.33. The second-order valence-electron chi connectivity index (χ2n) is 7.68. The standard InChI is InChI=1S/C20H30N2O4S/c1-16-2-7-18(8-3-16)21-20(23)11-6-17-4-9-19(10-5-17)27(24,25)22-12-14-26-15-13-22/h4-5,9-10,16,18H,2-3,6-8,11-15H2,1H3,(H,21,23). The van der Waals surface area contributed by atoms with E-state index in [4.69, 9.17) is 4.74 Å². The van der Waals surface area contributed by atoms with Crippen molar-refractivity contribution in [1.29, 1.82) is 0 Å². The van der Waals surface area contributed by atoms with Crippen molar-refractivity contribution in [2.45, 2.75) is 56.4 Å². The monoisotopic (exact) mass is 394 g/mol. The van der Waals surface area contributed by atoms with E-state index in [1.54, 1.807) is 12.1 Å². The number of rotatable bonds is 6. The van der Waals surface area contributed by atoms with E-state index in [1.165, 1.54) is 17.1 Å². The summed E-state index contributed by atoms with van der Waals surface area (Å²) in [5, 5.41) is 3.13. The highest BCUT2D eigenvalue weighted by Crippen LogP contribution is 2.23. The number of aryl methyl sites for hydroxylation is 1. The van der Waals surface area contributed by atoms with E-state index in [0.717, 1.165) is 24.3 Å². The van der Waals surface area contributed by atoms with Crippen LogP contribution >= 0.6 is 0 Å². The molecule has 1 saturated heterocycles. The maximum Gasteiger partial charge on any atom is 0.243 e. The minimum absolute atomic E-state index is 0.0829. The van der Waals surface area contributed by atoms with Crippen molar-refractivity contribution in [1.82, 2.24) is 9.62 Å². The molecular formula is C20H30N2O4S. The van der Waals surface area contributed by atoms with Gasteiger partial charge >= 0.3 is 0 Å². The van der Waals surface area contributed by atoms with Crippen LogP contribution < -0.4 is 5.32 Å². The number of carbonyl (C=O) groups is 1. The molecule has 1 aromatic carbocycles. The van der Waals surface area contributed by atoms with Crippen molar-refractivity contribution < 1.29 is 17.9 Å². The van der Waals surface area contributed by atoms with Gasteiger partial charge in [-0.05, 0) is 55.7 Å². The second kappa shape index (κ2) is 9.17. The van der Waals surface area contributed by atoms with E-state index in [9.17, 15) is 13.2 Å². The molecule has 0 aromatic heterocycles. The average molecular weight is 395 g/mol. The van der Waals surface area contributed by atoms with Crippen molar-refractivity contribution in [2.75, 3.05) is 26.3 Å². The zero-order chi connectivity index (χ0) is 19.3. The fourth-order valence-corrected chi connectivity index (χ4v) is 5.13. The Hall–Kier alpha value is -1.44. The quantitative estimate of drug-likeness (QED) is 0.804. The first-order chi connectivity index (χ1) is 12.9. The third-order valence-electron chi connectivity index (χ3n) is 5.55. The zero-order valence-electron chi connectivity index (χ0n) is 16.0. The molecule has 1 aliphatic heterocycles. The van der Waals surface area contributed by atoms with Crippen molar-refractivity contribution in [3.05, 3.63) is 29.8 Å². The van der Waals surface area contributed by atoms with Crippen LogP contribution in [0.4, 0.5) is 0 Å². The molecule has 7 heteroatoms. The SMILES string of the molecule is CC1CCC(NC(=O)CCc2ccc(S(=O)(=O)N3CCOCC3)cc2)CC1. The molecule has 1 heterocycles. The van der Waals surface area contributed by atoms with Crippen LogP contribution in [0.1, 0.15) is 44.6 Å². The van der Waals surface area contributed by atoms with E-state index < -0.39 is 10.0 Å². The van der Waals surface area contributed by atoms with E-state index in [-0.39, 0.29) is 5.91 Å². The van der Waals surface area contributed by atoms with Crippen LogP contribution in [0.3, 0.4) is 0 Å². The van der Waals surface area contributed by atoms with Gasteiger partial charge in [-0.25, -0.2) is 8.42 Å². The minimum Gasteiger partial charge on any atom is -0.379 e. The predicted molar refractivity (Wildman–Crippen MR) is 104 cm³/mol. The largest absolute Gasteiger partial charge is 0.379 e. The van der Waals surface area contributed by atoms with Gasteiger partial charge in [0.1, 0.15) is 0 Å². The molecule has 3 rings (SSSR count). The van der Waals surface area contributed by atoms with Gasteiger partial charge in [-0.3, -0.25) is 4.79 Å². The molecule has 6 nitrogen and oxygen atoms in total. The summed E-state index contributed by atoms with van der Waals surface area (Å²) in [5.41, 5.74) is 0.975. The lowest BCUT2D eigenvalue weighted by atomic mass is 9.87. The topological polar surface area (TPSA) is 75.7 Å². The van der Waals surface area contributed by atoms with E-state index in [0.29, 0.717) is 50.1 Å². The molecule has 27 heavy (non-hydrogen) atoms. The van der Waals surface area contributed by atoms with E-state index in [1.807, 2.05) is 12.1 Å². The molecule has 0 unspecified atom stereocenters. The van der Waals surface area contributed by atoms with Crippen LogP contribution in [0.5, 0.6) is 0 Å². The van der Waals surface area contributed by atoms with Crippen LogP contribution in [-0.2, 0) is 26.0 Å². The van der Waals surface area contributed by atoms with Gasteiger partial charge in [-0.1, -0.05) is 19.1 Å². The molecule has 2 aliphatic rings. The second-order valence-corrected chi connectivity index (χ2v) is 9.62. The van der Waals surface area contributed by atoms with Gasteiger partial charge in [-0.15, -0.1) is 0 Å². The normalized spacial score (nSPS) is 24.5. The van der Waals surface area contributed by atoms with Crippen LogP contribution in [0.25, 0.3) is 0 Å². The summed E-state index contributed by atoms with van der Waals surface area (Å²) in [6.45, 7) is 3.92. The smallest absolute Gasteiger partial charge is 0.243 e. The summed E-state index contributed by atoms with van der Waals surface area (Å²) in [7, 11) is -3.46. The molecule has 0 atom stereocenters. The first kappa shape index (κ1) is 20.3. The lowest BCUT2D eigenvalue weighted by Gasteiger charge is -2.27. The fraction of sp³-hybridized carbons (Fsp3) is 0.650. The third-order valence-corrected chi connectivity index (χ3v) is 7.47. The van der Waals surface area contributed by atoms with Crippen molar-refractivity contribution in [3.63, 3.8) is 0 Å². The Kier molecular flexibility index (Phi) is 6.89. The Labute approximate surface area is 162 Å². The molecule has 2 fully saturated rings. The Bertz CT molecular complexity index is 719. The van der Waals surface area contributed by atoms with Gasteiger partial charge in [0, 0.05) is 25.6 Å². The lowest BCUT2D eigenvalue weighted by Crippen LogP contribution is -2.40. The molecule has 0 radical (unpaired) electrons. The van der Waals surface area contributed by atoms with Gasteiger partial charge in [0.15, 0.2) is 0 Å². The number of nitrogens with zero attached hydrogens (tertiary/aromatic N) is 1. The first-order valence-electron chi connectivity index (χ1n) is 9.91. The van der Waals surface area contributed by atoms with Crippen LogP contribution in [0.2, 0.25) is 0 Å². The zero-order valence-corrected chi connectivity index (χ0v) is 16.8. The Morgan fingerprint density at radius 1 is 1.11 bits per heavy atom. The van der Waals surface area contributed by atoms with Crippen LogP contribution in [0, 0.1) is 5.92 Å². The number of carbonyl (C=O) groups excluding carboxylic acids is 1. The Balaban J connectivity index is 1.49. The average Bonchev–Trinajstić information content (AvgIpc) is 2.69. The maximum atomic E-state index is 12.6.